The van der Waals surface area contributed by atoms with E-state index in [1.807, 2.05) is 44.2 Å². The molecule has 0 heterocycles. The van der Waals surface area contributed by atoms with E-state index in [1.165, 1.54) is 0 Å². The van der Waals surface area contributed by atoms with Crippen LogP contribution in [0.2, 0.25) is 0 Å². The van der Waals surface area contributed by atoms with Crippen molar-refractivity contribution in [1.82, 2.24) is 5.32 Å². The van der Waals surface area contributed by atoms with Crippen LogP contribution in [0.3, 0.4) is 0 Å². The van der Waals surface area contributed by atoms with E-state index in [4.69, 9.17) is 9.47 Å². The molecule has 1 atom stereocenters. The Morgan fingerprint density at radius 1 is 1.12 bits per heavy atom. The predicted molar refractivity (Wildman–Crippen MR) is 99.0 cm³/mol. The fourth-order valence-electron chi connectivity index (χ4n) is 2.33. The molecule has 0 saturated carbocycles. The maximum Gasteiger partial charge on any atom is 0.319 e. The van der Waals surface area contributed by atoms with Crippen LogP contribution >= 0.6 is 15.9 Å². The summed E-state index contributed by atoms with van der Waals surface area (Å²) in [6.07, 6.45) is 0. The van der Waals surface area contributed by atoms with Crippen LogP contribution in [0.15, 0.2) is 40.9 Å². The molecule has 2 N–H and O–H groups in total. The molecule has 0 bridgehead atoms. The van der Waals surface area contributed by atoms with Crippen LogP contribution in [-0.4, -0.2) is 20.3 Å². The Labute approximate surface area is 150 Å². The van der Waals surface area contributed by atoms with Gasteiger partial charge in [0.1, 0.15) is 0 Å². The van der Waals surface area contributed by atoms with Crippen molar-refractivity contribution in [2.75, 3.05) is 19.5 Å². The van der Waals surface area contributed by atoms with Crippen molar-refractivity contribution < 1.29 is 14.3 Å². The van der Waals surface area contributed by atoms with Gasteiger partial charge in [-0.3, -0.25) is 0 Å². The van der Waals surface area contributed by atoms with E-state index in [9.17, 15) is 4.79 Å². The first-order chi connectivity index (χ1) is 11.4. The lowest BCUT2D eigenvalue weighted by Gasteiger charge is -2.17. The number of benzene rings is 2. The molecule has 6 heteroatoms. The number of halogens is 1. The van der Waals surface area contributed by atoms with Crippen LogP contribution in [0.4, 0.5) is 10.5 Å². The average Bonchev–Trinajstić information content (AvgIpc) is 2.56. The molecule has 1 unspecified atom stereocenters. The second-order valence-electron chi connectivity index (χ2n) is 5.40. The first-order valence-corrected chi connectivity index (χ1v) is 8.29. The highest BCUT2D eigenvalue weighted by molar-refractivity contribution is 9.10. The number of urea groups is 1. The van der Waals surface area contributed by atoms with Crippen LogP contribution in [0.25, 0.3) is 0 Å². The van der Waals surface area contributed by atoms with E-state index < -0.39 is 0 Å². The summed E-state index contributed by atoms with van der Waals surface area (Å²) < 4.78 is 11.5. The Balaban J connectivity index is 2.09. The molecule has 2 aromatic rings. The first-order valence-electron chi connectivity index (χ1n) is 7.50. The lowest BCUT2D eigenvalue weighted by Crippen LogP contribution is -2.31. The lowest BCUT2D eigenvalue weighted by atomic mass is 10.1. The number of aryl methyl sites for hydroxylation is 1. The Kier molecular flexibility index (Phi) is 6.09. The zero-order chi connectivity index (χ0) is 17.7. The van der Waals surface area contributed by atoms with Gasteiger partial charge in [0.05, 0.1) is 20.3 Å². The number of hydrogen-bond donors (Lipinski definition) is 2. The Bertz CT molecular complexity index is 734. The van der Waals surface area contributed by atoms with Crippen molar-refractivity contribution in [2.45, 2.75) is 19.9 Å². The Morgan fingerprint density at radius 3 is 2.42 bits per heavy atom. The smallest absolute Gasteiger partial charge is 0.319 e. The van der Waals surface area contributed by atoms with Gasteiger partial charge in [-0.05, 0) is 43.2 Å². The summed E-state index contributed by atoms with van der Waals surface area (Å²) in [4.78, 5) is 12.3. The molecule has 0 aliphatic heterocycles. The highest BCUT2D eigenvalue weighted by Crippen LogP contribution is 2.32. The van der Waals surface area contributed by atoms with Gasteiger partial charge in [0.2, 0.25) is 0 Å². The zero-order valence-corrected chi connectivity index (χ0v) is 15.7. The molecule has 2 rings (SSSR count). The van der Waals surface area contributed by atoms with Crippen molar-refractivity contribution in [1.29, 1.82) is 0 Å². The Hall–Kier alpha value is -2.21. The number of hydrogen-bond acceptors (Lipinski definition) is 3. The molecule has 24 heavy (non-hydrogen) atoms. The zero-order valence-electron chi connectivity index (χ0n) is 14.1. The number of rotatable bonds is 5. The second-order valence-corrected chi connectivity index (χ2v) is 6.31. The normalized spacial score (nSPS) is 11.5. The number of anilines is 1. The maximum absolute atomic E-state index is 12.3. The van der Waals surface area contributed by atoms with E-state index in [1.54, 1.807) is 20.3 Å². The van der Waals surface area contributed by atoms with E-state index >= 15 is 0 Å². The van der Waals surface area contributed by atoms with Crippen LogP contribution in [0, 0.1) is 6.92 Å². The largest absolute Gasteiger partial charge is 0.493 e. The minimum atomic E-state index is -0.280. The quantitative estimate of drug-likeness (QED) is 0.777. The fraction of sp³-hybridized carbons (Fsp3) is 0.278. The molecular weight excluding hydrogens is 372 g/mol. The van der Waals surface area contributed by atoms with Gasteiger partial charge >= 0.3 is 6.03 Å². The molecule has 0 radical (unpaired) electrons. The fourth-order valence-corrected chi connectivity index (χ4v) is 2.75. The number of ether oxygens (including phenoxy) is 2. The van der Waals surface area contributed by atoms with E-state index in [-0.39, 0.29) is 12.1 Å². The molecule has 0 spiro atoms. The molecule has 0 aliphatic carbocycles. The van der Waals surface area contributed by atoms with E-state index in [0.29, 0.717) is 17.2 Å². The highest BCUT2D eigenvalue weighted by Gasteiger charge is 2.13. The van der Waals surface area contributed by atoms with Gasteiger partial charge in [-0.2, -0.15) is 0 Å². The Morgan fingerprint density at radius 2 is 1.79 bits per heavy atom. The van der Waals surface area contributed by atoms with Crippen molar-refractivity contribution in [3.8, 4) is 11.5 Å². The summed E-state index contributed by atoms with van der Waals surface area (Å²) in [5.74, 6) is 1.20. The van der Waals surface area contributed by atoms with Gasteiger partial charge < -0.3 is 20.1 Å². The van der Waals surface area contributed by atoms with Gasteiger partial charge in [0, 0.05) is 16.2 Å². The summed E-state index contributed by atoms with van der Waals surface area (Å²) in [6.45, 7) is 3.83. The summed E-state index contributed by atoms with van der Waals surface area (Å²) in [5, 5.41) is 5.78. The molecule has 0 aliphatic rings. The van der Waals surface area contributed by atoms with Gasteiger partial charge in [-0.1, -0.05) is 28.1 Å². The summed E-state index contributed by atoms with van der Waals surface area (Å²) >= 11 is 3.44. The average molecular weight is 393 g/mol. The van der Waals surface area contributed by atoms with Crippen LogP contribution in [0.5, 0.6) is 11.5 Å². The third-order valence-electron chi connectivity index (χ3n) is 3.68. The topological polar surface area (TPSA) is 59.6 Å². The van der Waals surface area contributed by atoms with E-state index in [2.05, 4.69) is 26.6 Å². The first kappa shape index (κ1) is 18.1. The van der Waals surface area contributed by atoms with E-state index in [0.717, 1.165) is 15.6 Å². The maximum atomic E-state index is 12.3. The van der Waals surface area contributed by atoms with Crippen LogP contribution in [0.1, 0.15) is 24.1 Å². The molecule has 0 aromatic heterocycles. The molecule has 2 aromatic carbocycles. The number of carbonyl (C=O) groups is 1. The monoisotopic (exact) mass is 392 g/mol. The van der Waals surface area contributed by atoms with Crippen molar-refractivity contribution in [2.24, 2.45) is 0 Å². The summed E-state index contributed by atoms with van der Waals surface area (Å²) in [6, 6.07) is 11.0. The number of methoxy groups -OCH3 is 2. The van der Waals surface area contributed by atoms with Crippen molar-refractivity contribution in [3.63, 3.8) is 0 Å². The standard InChI is InChI=1S/C18H21BrN2O3/c1-11-8-16(23-3)17(24-4)10-15(11)21-18(22)20-12(2)13-6-5-7-14(19)9-13/h5-10,12H,1-4H3,(H2,20,21,22). The van der Waals surface area contributed by atoms with Crippen LogP contribution in [-0.2, 0) is 0 Å². The van der Waals surface area contributed by atoms with Gasteiger partial charge in [-0.25, -0.2) is 4.79 Å². The van der Waals surface area contributed by atoms with Gasteiger partial charge in [0.25, 0.3) is 0 Å². The minimum absolute atomic E-state index is 0.122. The molecule has 128 valence electrons. The number of carbonyl (C=O) groups excluding carboxylic acids is 1. The van der Waals surface area contributed by atoms with Crippen molar-refractivity contribution >= 4 is 27.6 Å². The van der Waals surface area contributed by atoms with Crippen molar-refractivity contribution in [3.05, 3.63) is 52.0 Å². The molecule has 0 saturated heterocycles. The van der Waals surface area contributed by atoms with Crippen LogP contribution < -0.4 is 20.1 Å². The minimum Gasteiger partial charge on any atom is -0.493 e. The molecular formula is C18H21BrN2O3. The predicted octanol–water partition coefficient (Wildman–Crippen LogP) is 4.66. The van der Waals surface area contributed by atoms with Gasteiger partial charge in [-0.15, -0.1) is 0 Å². The number of amides is 2. The highest BCUT2D eigenvalue weighted by atomic mass is 79.9. The SMILES string of the molecule is COc1cc(C)c(NC(=O)NC(C)c2cccc(Br)c2)cc1OC. The molecule has 5 nitrogen and oxygen atoms in total. The summed E-state index contributed by atoms with van der Waals surface area (Å²) in [7, 11) is 3.14. The molecule has 0 fully saturated rings. The third kappa shape index (κ3) is 4.41. The van der Waals surface area contributed by atoms with Gasteiger partial charge in [0.15, 0.2) is 11.5 Å². The molecule has 2 amide bonds. The summed E-state index contributed by atoms with van der Waals surface area (Å²) in [5.41, 5.74) is 2.58. The second kappa shape index (κ2) is 8.06. The lowest BCUT2D eigenvalue weighted by molar-refractivity contribution is 0.249. The third-order valence-corrected chi connectivity index (χ3v) is 4.17. The number of nitrogens with one attached hydrogen (secondary N) is 2.